The van der Waals surface area contributed by atoms with Gasteiger partial charge in [-0.3, -0.25) is 28.7 Å². The summed E-state index contributed by atoms with van der Waals surface area (Å²) >= 11 is 0. The van der Waals surface area contributed by atoms with Crippen LogP contribution in [0, 0.1) is 52.3 Å². The van der Waals surface area contributed by atoms with Crippen LogP contribution in [0.2, 0.25) is 0 Å². The molecule has 3 N–H and O–H groups in total. The fourth-order valence-corrected chi connectivity index (χ4v) is 17.2. The van der Waals surface area contributed by atoms with Gasteiger partial charge in [0.1, 0.15) is 78.0 Å². The molecule has 1 aromatic heterocycles. The first-order chi connectivity index (χ1) is 40.9. The Morgan fingerprint density at radius 2 is 1.55 bits per heavy atom. The second kappa shape index (κ2) is 20.3. The summed E-state index contributed by atoms with van der Waals surface area (Å²) in [6, 6.07) is 17.0. The smallest absolute Gasteiger partial charge is 0.341 e. The van der Waals surface area contributed by atoms with Gasteiger partial charge in [-0.25, -0.2) is 9.59 Å². The average molecular weight is 1190 g/mol. The highest BCUT2D eigenvalue weighted by atomic mass is 16.8. The molecule has 3 aromatic carbocycles. The number of aromatic nitrogens is 3. The first kappa shape index (κ1) is 57.6. The number of unbranched alkanes of at least 4 members (excludes halogenated alkanes) is 1. The van der Waals surface area contributed by atoms with E-state index in [9.17, 15) is 44.1 Å². The summed E-state index contributed by atoms with van der Waals surface area (Å²) in [6.07, 6.45) is -5.11. The molecule has 1 unspecified atom stereocenters. The van der Waals surface area contributed by atoms with Gasteiger partial charge in [0.25, 0.3) is 0 Å². The number of esters is 6. The van der Waals surface area contributed by atoms with Gasteiger partial charge in [0.05, 0.1) is 23.3 Å². The van der Waals surface area contributed by atoms with Gasteiger partial charge in [0, 0.05) is 97.6 Å². The molecule has 13 rings (SSSR count). The zero-order valence-electron chi connectivity index (χ0n) is 48.8. The largest absolute Gasteiger partial charge is 0.508 e. The van der Waals surface area contributed by atoms with E-state index in [2.05, 4.69) is 10.3 Å². The zero-order chi connectivity index (χ0) is 60.9. The van der Waals surface area contributed by atoms with Gasteiger partial charge in [-0.2, -0.15) is 0 Å². The van der Waals surface area contributed by atoms with Crippen LogP contribution in [-0.4, -0.2) is 132 Å². The Hall–Kier alpha value is -7.47. The summed E-state index contributed by atoms with van der Waals surface area (Å²) < 4.78 is 63.5. The highest BCUT2D eigenvalue weighted by Gasteiger charge is 2.93. The molecule has 0 radical (unpaired) electrons. The third-order valence-corrected chi connectivity index (χ3v) is 20.9. The van der Waals surface area contributed by atoms with E-state index < -0.39 is 147 Å². The van der Waals surface area contributed by atoms with Crippen LogP contribution >= 0.6 is 0 Å². The third kappa shape index (κ3) is 8.43. The van der Waals surface area contributed by atoms with Crippen LogP contribution in [0.5, 0.6) is 23.0 Å². The maximum atomic E-state index is 15.1. The number of nitrogens with zero attached hydrogens (tertiary/aromatic N) is 3. The number of aryl methyl sites for hydroxylation is 1. The number of carbonyl (C=O) groups is 7. The molecular weight excluding hydrogens is 1120 g/mol. The lowest BCUT2D eigenvalue weighted by Crippen LogP contribution is -2.66. The number of epoxide rings is 2. The Morgan fingerprint density at radius 1 is 0.826 bits per heavy atom. The Bertz CT molecular complexity index is 3510. The van der Waals surface area contributed by atoms with Crippen molar-refractivity contribution in [1.29, 1.82) is 0 Å². The lowest BCUT2D eigenvalue weighted by Gasteiger charge is -2.57. The van der Waals surface area contributed by atoms with Gasteiger partial charge in [-0.15, -0.1) is 5.10 Å². The SMILES string of the molecule is CC[C@H]1[C@H](OC(C)=O)[C@H](OC(C)=O)[C@@]2(C)[C@@H]([C@@H](OC(=O)CCCCn3cc(COc4ccc5c(c4)Oc4cc(O)ccc4C54OC(=O)c5ccccc54)nn3)[C@@H]3[C@@H]2[C@H](C)[C@H]2O[C@]24OC(=O)[C@@](C)(O)[C@]34C)[C@@H]1[C@@H](O)C(=O)[C@H]1C[C@@H]2O[C@@H]2[C@H](OC(C)=O)C1. The molecule has 4 saturated carbocycles. The van der Waals surface area contributed by atoms with Crippen LogP contribution in [0.4, 0.5) is 0 Å². The normalized spacial score (nSPS) is 38.1. The van der Waals surface area contributed by atoms with Gasteiger partial charge < -0.3 is 62.7 Å². The molecule has 23 heteroatoms. The number of benzene rings is 3. The Labute approximate surface area is 494 Å². The molecule has 23 nitrogen and oxygen atoms in total. The Balaban J connectivity index is 0.755. The number of hydrogen-bond donors (Lipinski definition) is 3. The number of phenolic OH excluding ortho intramolecular Hbond substituents is 1. The van der Waals surface area contributed by atoms with E-state index in [0.29, 0.717) is 58.2 Å². The Morgan fingerprint density at radius 3 is 2.28 bits per heavy atom. The minimum Gasteiger partial charge on any atom is -0.508 e. The first-order valence-electron chi connectivity index (χ1n) is 29.6. The number of aliphatic hydroxyl groups excluding tert-OH is 1. The van der Waals surface area contributed by atoms with E-state index >= 15 is 4.79 Å². The van der Waals surface area contributed by atoms with Gasteiger partial charge >= 0.3 is 35.8 Å². The van der Waals surface area contributed by atoms with Gasteiger partial charge in [-0.1, -0.05) is 44.2 Å². The highest BCUT2D eigenvalue weighted by molar-refractivity contribution is 5.97. The summed E-state index contributed by atoms with van der Waals surface area (Å²) in [6.45, 7) is 12.6. The number of aromatic hydroxyl groups is 1. The minimum absolute atomic E-state index is 0.00812. The molecule has 7 fully saturated rings. The Kier molecular flexibility index (Phi) is 13.6. The fraction of sp³-hybridized carbons (Fsp3) is 0.571. The van der Waals surface area contributed by atoms with Crippen molar-refractivity contribution in [1.82, 2.24) is 15.0 Å². The van der Waals surface area contributed by atoms with E-state index in [1.807, 2.05) is 26.0 Å². The van der Waals surface area contributed by atoms with Gasteiger partial charge in [-0.05, 0) is 88.1 Å². The lowest BCUT2D eigenvalue weighted by molar-refractivity contribution is -0.233. The number of hydrogen-bond acceptors (Lipinski definition) is 22. The van der Waals surface area contributed by atoms with Crippen molar-refractivity contribution in [2.24, 2.45) is 52.3 Å². The van der Waals surface area contributed by atoms with Crippen molar-refractivity contribution in [2.45, 2.75) is 173 Å². The summed E-state index contributed by atoms with van der Waals surface area (Å²) in [5, 5.41) is 44.5. The van der Waals surface area contributed by atoms with Gasteiger partial charge in [0.15, 0.2) is 17.0 Å². The topological polar surface area (TPSA) is 310 Å². The lowest BCUT2D eigenvalue weighted by atomic mass is 9.48. The van der Waals surface area contributed by atoms with Crippen LogP contribution < -0.4 is 9.47 Å². The average Bonchev–Trinajstić information content (AvgIpc) is 1.46. The maximum absolute atomic E-state index is 15.1. The van der Waals surface area contributed by atoms with Crippen molar-refractivity contribution >= 4 is 41.6 Å². The number of aliphatic hydroxyl groups is 2. The molecule has 3 saturated heterocycles. The molecule has 2 spiro atoms. The molecular formula is C63H69N3O20. The molecule has 9 aliphatic rings. The molecule has 86 heavy (non-hydrogen) atoms. The standard InChI is InChI=1S/C63H69N3O20/c1-9-36-46(51(73)50(72)32-22-43(78-29(3)67)53-44(23-32)82-53)48-54(49-47(59(48,6)56(80-31(5)69)52(36)79-30(4)68)28(2)55-63(84-55)60(49,7)61(8,76)58(75)86-63)83-45(71)16-12-13-21-66-26-33(64-65-66)27-77-35-18-20-40-42(25-35)81-41-24-34(70)17-19-39(41)62(40)38-15-11-10-14-37(38)57(74)85-62/h10-11,14-15,17-20,24-26,28,32,36,43-44,46-49,51-56,70,73,76H,9,12-13,16,21-23,27H2,1-8H3/t28-,32+,36+,43+,44-,46+,47-,48+,49-,51+,52-,53+,54+,55+,56-,59+,60-,61+,62?,63-/m0/s1. The monoisotopic (exact) mass is 1190 g/mol. The van der Waals surface area contributed by atoms with Crippen molar-refractivity contribution in [3.05, 3.63) is 94.8 Å². The molecule has 5 aliphatic heterocycles. The summed E-state index contributed by atoms with van der Waals surface area (Å²) in [5.41, 5.74) is -3.98. The van der Waals surface area contributed by atoms with E-state index in [1.165, 1.54) is 39.8 Å². The number of ketones is 1. The van der Waals surface area contributed by atoms with Crippen LogP contribution in [0.25, 0.3) is 0 Å². The molecule has 456 valence electrons. The summed E-state index contributed by atoms with van der Waals surface area (Å²) in [7, 11) is 0. The number of phenols is 1. The van der Waals surface area contributed by atoms with Crippen LogP contribution in [0.3, 0.4) is 0 Å². The predicted octanol–water partition coefficient (Wildman–Crippen LogP) is 5.70. The number of carbonyl (C=O) groups excluding carboxylic acids is 7. The van der Waals surface area contributed by atoms with Crippen LogP contribution in [0.15, 0.2) is 66.9 Å². The zero-order valence-corrected chi connectivity index (χ0v) is 48.8. The number of rotatable bonds is 16. The maximum Gasteiger partial charge on any atom is 0.341 e. The van der Waals surface area contributed by atoms with Crippen molar-refractivity contribution in [3.63, 3.8) is 0 Å². The quantitative estimate of drug-likeness (QED) is 0.0524. The number of fused-ring (bicyclic) bond motifs is 11. The molecule has 0 amide bonds. The summed E-state index contributed by atoms with van der Waals surface area (Å²) in [5.74, 6) is -11.6. The second-order valence-electron chi connectivity index (χ2n) is 25.5. The van der Waals surface area contributed by atoms with Crippen molar-refractivity contribution < 1.29 is 96.2 Å². The van der Waals surface area contributed by atoms with E-state index in [1.54, 1.807) is 61.1 Å². The van der Waals surface area contributed by atoms with E-state index in [-0.39, 0.29) is 56.7 Å². The third-order valence-electron chi connectivity index (χ3n) is 20.9. The number of ether oxygens (including phenoxy) is 10. The van der Waals surface area contributed by atoms with Crippen LogP contribution in [-0.2, 0) is 85.4 Å². The molecule has 20 atom stereocenters. The molecule has 0 bridgehead atoms. The fourth-order valence-electron chi connectivity index (χ4n) is 17.2. The molecule has 4 aromatic rings. The second-order valence-corrected chi connectivity index (χ2v) is 25.5. The van der Waals surface area contributed by atoms with Gasteiger partial charge in [0.2, 0.25) is 5.79 Å². The minimum atomic E-state index is -2.24. The van der Waals surface area contributed by atoms with E-state index in [4.69, 9.17) is 47.4 Å². The summed E-state index contributed by atoms with van der Waals surface area (Å²) in [4.78, 5) is 96.0. The van der Waals surface area contributed by atoms with Crippen LogP contribution in [0.1, 0.15) is 127 Å². The van der Waals surface area contributed by atoms with Crippen molar-refractivity contribution in [3.8, 4) is 23.0 Å². The number of Topliss-reactive ketones (excluding diaryl/α,β-unsaturated/α-hetero) is 1. The predicted molar refractivity (Wildman–Crippen MR) is 291 cm³/mol. The molecule has 4 aliphatic carbocycles. The van der Waals surface area contributed by atoms with Crippen molar-refractivity contribution in [2.75, 3.05) is 0 Å². The first-order valence-corrected chi connectivity index (χ1v) is 29.6. The highest BCUT2D eigenvalue weighted by Crippen LogP contribution is 2.80. The molecule has 6 heterocycles. The van der Waals surface area contributed by atoms with E-state index in [0.717, 1.165) is 0 Å².